The summed E-state index contributed by atoms with van der Waals surface area (Å²) in [5, 5.41) is 6.42. The Balaban J connectivity index is 2.05. The van der Waals surface area contributed by atoms with Crippen LogP contribution in [0.1, 0.15) is 48.4 Å². The smallest absolute Gasteiger partial charge is 0.333 e. The molecule has 2 rings (SSSR count). The Labute approximate surface area is 98.0 Å². The quantitative estimate of drug-likeness (QED) is 0.885. The van der Waals surface area contributed by atoms with Gasteiger partial charge in [-0.05, 0) is 25.8 Å². The van der Waals surface area contributed by atoms with E-state index in [1.165, 1.54) is 13.0 Å². The van der Waals surface area contributed by atoms with Crippen LogP contribution in [0.15, 0.2) is 6.07 Å². The SMILES string of the molecule is Cc1cc(C(=O)NC2CCCC2)nn1C(F)F. The molecule has 1 aromatic heterocycles. The van der Waals surface area contributed by atoms with E-state index in [9.17, 15) is 13.6 Å². The van der Waals surface area contributed by atoms with Crippen LogP contribution in [0.4, 0.5) is 8.78 Å². The van der Waals surface area contributed by atoms with E-state index in [1.54, 1.807) is 0 Å². The van der Waals surface area contributed by atoms with Crippen LogP contribution in [-0.2, 0) is 0 Å². The van der Waals surface area contributed by atoms with Gasteiger partial charge < -0.3 is 5.32 Å². The van der Waals surface area contributed by atoms with Gasteiger partial charge in [-0.1, -0.05) is 12.8 Å². The second-order valence-electron chi connectivity index (χ2n) is 4.35. The summed E-state index contributed by atoms with van der Waals surface area (Å²) in [6.45, 7) is -1.20. The molecule has 0 unspecified atom stereocenters. The first-order valence-corrected chi connectivity index (χ1v) is 5.73. The molecular formula is C11H15F2N3O. The van der Waals surface area contributed by atoms with E-state index in [-0.39, 0.29) is 23.3 Å². The molecule has 1 fully saturated rings. The highest BCUT2D eigenvalue weighted by atomic mass is 19.3. The number of amides is 1. The van der Waals surface area contributed by atoms with Crippen LogP contribution in [0.2, 0.25) is 0 Å². The number of nitrogens with zero attached hydrogens (tertiary/aromatic N) is 2. The molecule has 4 nitrogen and oxygen atoms in total. The molecule has 0 aromatic carbocycles. The third-order valence-corrected chi connectivity index (χ3v) is 3.03. The van der Waals surface area contributed by atoms with Crippen molar-refractivity contribution in [3.63, 3.8) is 0 Å². The molecule has 1 N–H and O–H groups in total. The van der Waals surface area contributed by atoms with E-state index in [2.05, 4.69) is 10.4 Å². The van der Waals surface area contributed by atoms with Crippen molar-refractivity contribution in [1.29, 1.82) is 0 Å². The fraction of sp³-hybridized carbons (Fsp3) is 0.636. The number of aryl methyl sites for hydroxylation is 1. The summed E-state index contributed by atoms with van der Waals surface area (Å²) >= 11 is 0. The molecule has 0 spiro atoms. The lowest BCUT2D eigenvalue weighted by Crippen LogP contribution is -2.32. The van der Waals surface area contributed by atoms with Crippen molar-refractivity contribution in [3.8, 4) is 0 Å². The van der Waals surface area contributed by atoms with E-state index >= 15 is 0 Å². The standard InChI is InChI=1S/C11H15F2N3O/c1-7-6-9(15-16(7)11(12)13)10(17)14-8-4-2-3-5-8/h6,8,11H,2-5H2,1H3,(H,14,17). The molecule has 1 aliphatic carbocycles. The molecule has 1 saturated carbocycles. The van der Waals surface area contributed by atoms with Crippen LogP contribution in [0.25, 0.3) is 0 Å². The molecule has 94 valence electrons. The molecule has 1 heterocycles. The van der Waals surface area contributed by atoms with Gasteiger partial charge >= 0.3 is 6.55 Å². The van der Waals surface area contributed by atoms with Gasteiger partial charge in [-0.3, -0.25) is 4.79 Å². The minimum absolute atomic E-state index is 0.0645. The zero-order valence-corrected chi connectivity index (χ0v) is 9.62. The summed E-state index contributed by atoms with van der Waals surface area (Å²) in [6, 6.07) is 1.55. The highest BCUT2D eigenvalue weighted by molar-refractivity contribution is 5.92. The fourth-order valence-corrected chi connectivity index (χ4v) is 2.13. The lowest BCUT2D eigenvalue weighted by Gasteiger charge is -2.09. The van der Waals surface area contributed by atoms with Crippen molar-refractivity contribution in [3.05, 3.63) is 17.5 Å². The Bertz CT molecular complexity index is 411. The summed E-state index contributed by atoms with van der Waals surface area (Å²) in [5.41, 5.74) is 0.353. The molecule has 1 aromatic rings. The minimum Gasteiger partial charge on any atom is -0.348 e. The molecule has 17 heavy (non-hydrogen) atoms. The zero-order chi connectivity index (χ0) is 12.4. The highest BCUT2D eigenvalue weighted by Crippen LogP contribution is 2.18. The van der Waals surface area contributed by atoms with Crippen molar-refractivity contribution in [2.45, 2.75) is 45.2 Å². The second kappa shape index (κ2) is 4.81. The van der Waals surface area contributed by atoms with Crippen molar-refractivity contribution in [1.82, 2.24) is 15.1 Å². The highest BCUT2D eigenvalue weighted by Gasteiger charge is 2.21. The average molecular weight is 243 g/mol. The van der Waals surface area contributed by atoms with Crippen LogP contribution >= 0.6 is 0 Å². The van der Waals surface area contributed by atoms with Gasteiger partial charge in [0.15, 0.2) is 5.69 Å². The molecule has 6 heteroatoms. The summed E-state index contributed by atoms with van der Waals surface area (Å²) in [7, 11) is 0. The number of halogens is 2. The minimum atomic E-state index is -2.71. The van der Waals surface area contributed by atoms with Crippen molar-refractivity contribution >= 4 is 5.91 Å². The van der Waals surface area contributed by atoms with Crippen LogP contribution in [0, 0.1) is 6.92 Å². The molecule has 0 radical (unpaired) electrons. The molecule has 0 aliphatic heterocycles. The molecule has 0 atom stereocenters. The summed E-state index contributed by atoms with van der Waals surface area (Å²) in [6.07, 6.45) is 4.13. The van der Waals surface area contributed by atoms with Crippen molar-refractivity contribution in [2.24, 2.45) is 0 Å². The van der Waals surface area contributed by atoms with Gasteiger partial charge in [-0.15, -0.1) is 0 Å². The van der Waals surface area contributed by atoms with Gasteiger partial charge in [0.25, 0.3) is 5.91 Å². The normalized spacial score (nSPS) is 16.7. The van der Waals surface area contributed by atoms with E-state index in [4.69, 9.17) is 0 Å². The first kappa shape index (κ1) is 12.0. The van der Waals surface area contributed by atoms with Gasteiger partial charge in [0.05, 0.1) is 0 Å². The number of nitrogens with one attached hydrogen (secondary N) is 1. The lowest BCUT2D eigenvalue weighted by atomic mass is 10.2. The number of aromatic nitrogens is 2. The van der Waals surface area contributed by atoms with E-state index in [0.717, 1.165) is 25.7 Å². The maximum atomic E-state index is 12.5. The van der Waals surface area contributed by atoms with Gasteiger partial charge in [0.1, 0.15) is 0 Å². The maximum Gasteiger partial charge on any atom is 0.333 e. The Morgan fingerprint density at radius 1 is 1.53 bits per heavy atom. The largest absolute Gasteiger partial charge is 0.348 e. The number of carbonyl (C=O) groups excluding carboxylic acids is 1. The van der Waals surface area contributed by atoms with Gasteiger partial charge in [0.2, 0.25) is 0 Å². The number of hydrogen-bond donors (Lipinski definition) is 1. The van der Waals surface area contributed by atoms with Crippen LogP contribution in [-0.4, -0.2) is 21.7 Å². The second-order valence-corrected chi connectivity index (χ2v) is 4.35. The Morgan fingerprint density at radius 3 is 2.71 bits per heavy atom. The summed E-state index contributed by atoms with van der Waals surface area (Å²) in [5.74, 6) is -0.362. The lowest BCUT2D eigenvalue weighted by molar-refractivity contribution is 0.0538. The molecule has 1 amide bonds. The molecular weight excluding hydrogens is 228 g/mol. The Kier molecular flexibility index (Phi) is 3.40. The molecule has 1 aliphatic rings. The summed E-state index contributed by atoms with van der Waals surface area (Å²) in [4.78, 5) is 11.8. The van der Waals surface area contributed by atoms with Crippen molar-refractivity contribution in [2.75, 3.05) is 0 Å². The molecule has 0 saturated heterocycles. The summed E-state index contributed by atoms with van der Waals surface area (Å²) < 4.78 is 25.5. The predicted molar refractivity (Wildman–Crippen MR) is 57.9 cm³/mol. The topological polar surface area (TPSA) is 46.9 Å². The molecule has 0 bridgehead atoms. The van der Waals surface area contributed by atoms with Gasteiger partial charge in [-0.2, -0.15) is 13.9 Å². The van der Waals surface area contributed by atoms with Gasteiger partial charge in [-0.25, -0.2) is 4.68 Å². The van der Waals surface area contributed by atoms with Crippen LogP contribution in [0.3, 0.4) is 0 Å². The Morgan fingerprint density at radius 2 is 2.18 bits per heavy atom. The third-order valence-electron chi connectivity index (χ3n) is 3.03. The zero-order valence-electron chi connectivity index (χ0n) is 9.62. The maximum absolute atomic E-state index is 12.5. The van der Waals surface area contributed by atoms with Gasteiger partial charge in [0, 0.05) is 11.7 Å². The van der Waals surface area contributed by atoms with E-state index in [0.29, 0.717) is 4.68 Å². The fourth-order valence-electron chi connectivity index (χ4n) is 2.13. The van der Waals surface area contributed by atoms with Crippen molar-refractivity contribution < 1.29 is 13.6 Å². The van der Waals surface area contributed by atoms with E-state index < -0.39 is 6.55 Å². The number of alkyl halides is 2. The monoisotopic (exact) mass is 243 g/mol. The first-order chi connectivity index (χ1) is 8.08. The van der Waals surface area contributed by atoms with E-state index in [1.807, 2.05) is 0 Å². The number of hydrogen-bond acceptors (Lipinski definition) is 2. The Hall–Kier alpha value is -1.46. The number of rotatable bonds is 3. The average Bonchev–Trinajstić information content (AvgIpc) is 2.86. The third kappa shape index (κ3) is 2.62. The first-order valence-electron chi connectivity index (χ1n) is 5.73. The predicted octanol–water partition coefficient (Wildman–Crippen LogP) is 2.26. The van der Waals surface area contributed by atoms with Crippen LogP contribution < -0.4 is 5.32 Å². The van der Waals surface area contributed by atoms with Crippen LogP contribution in [0.5, 0.6) is 0 Å². The number of carbonyl (C=O) groups is 1.